The lowest BCUT2D eigenvalue weighted by Crippen LogP contribution is -2.64. The highest BCUT2D eigenvalue weighted by atomic mass is 32.2. The maximum absolute atomic E-state index is 2.63. The van der Waals surface area contributed by atoms with Crippen LogP contribution in [-0.2, 0) is 27.1 Å². The summed E-state index contributed by atoms with van der Waals surface area (Å²) in [6.07, 6.45) is 0. The van der Waals surface area contributed by atoms with Gasteiger partial charge in [-0.3, -0.25) is 0 Å². The molecule has 0 spiro atoms. The number of fused-ring (bicyclic) bond motifs is 9. The van der Waals surface area contributed by atoms with Crippen molar-refractivity contribution >= 4 is 73.7 Å². The Hall–Kier alpha value is -4.67. The molecule has 0 amide bonds. The molecular formula is C55H59BN2S. The van der Waals surface area contributed by atoms with Gasteiger partial charge in [-0.2, -0.15) is 0 Å². The van der Waals surface area contributed by atoms with Crippen molar-refractivity contribution < 1.29 is 0 Å². The standard InChI is InChI=1S/C55H59BN2S/c1-51(2,3)32-18-22-36(23-19-32)57-43-24-20-33(52(4,5)6)26-37(43)38-30-40-41(31-46(38)57)56-42-27-35(54(10,11)12)29-48-50(42)58(45-17-15-16-39(49(45)56)55(40,13)14)44-25-21-34(53(7,8)9)28-47(44)59-48/h15-31H,1-14H3. The molecule has 2 nitrogen and oxygen atoms in total. The van der Waals surface area contributed by atoms with Gasteiger partial charge in [0.2, 0.25) is 6.71 Å². The Balaban J connectivity index is 1.30. The summed E-state index contributed by atoms with van der Waals surface area (Å²) in [4.78, 5) is 5.33. The Morgan fingerprint density at radius 3 is 1.75 bits per heavy atom. The smallest absolute Gasteiger partial charge is 0.247 e. The summed E-state index contributed by atoms with van der Waals surface area (Å²) in [6, 6.07) is 41.2. The Morgan fingerprint density at radius 1 is 0.492 bits per heavy atom. The molecule has 4 heterocycles. The Kier molecular flexibility index (Phi) is 7.98. The minimum Gasteiger partial charge on any atom is -0.309 e. The van der Waals surface area contributed by atoms with E-state index < -0.39 is 0 Å². The Bertz CT molecular complexity index is 2920. The summed E-state index contributed by atoms with van der Waals surface area (Å²) in [5.74, 6) is 0. The van der Waals surface area contributed by atoms with E-state index in [2.05, 4.69) is 210 Å². The first kappa shape index (κ1) is 38.5. The van der Waals surface area contributed by atoms with Crippen molar-refractivity contribution in [3.63, 3.8) is 0 Å². The first-order valence-corrected chi connectivity index (χ1v) is 22.5. The molecule has 7 aromatic rings. The van der Waals surface area contributed by atoms with E-state index in [1.165, 1.54) is 104 Å². The van der Waals surface area contributed by atoms with Crippen LogP contribution in [0.2, 0.25) is 0 Å². The van der Waals surface area contributed by atoms with Crippen molar-refractivity contribution in [3.05, 3.63) is 137 Å². The van der Waals surface area contributed by atoms with Crippen molar-refractivity contribution in [1.82, 2.24) is 4.57 Å². The largest absolute Gasteiger partial charge is 0.309 e. The van der Waals surface area contributed by atoms with Gasteiger partial charge in [0.25, 0.3) is 0 Å². The third-order valence-corrected chi connectivity index (χ3v) is 14.9. The van der Waals surface area contributed by atoms with Crippen molar-refractivity contribution in [2.24, 2.45) is 0 Å². The molecule has 0 atom stereocenters. The molecule has 0 aliphatic carbocycles. The fourth-order valence-corrected chi connectivity index (χ4v) is 11.5. The van der Waals surface area contributed by atoms with Crippen LogP contribution in [0.5, 0.6) is 0 Å². The van der Waals surface area contributed by atoms with Gasteiger partial charge >= 0.3 is 0 Å². The van der Waals surface area contributed by atoms with Crippen molar-refractivity contribution in [2.45, 2.75) is 134 Å². The average Bonchev–Trinajstić information content (AvgIpc) is 3.47. The molecule has 1 aromatic heterocycles. The highest BCUT2D eigenvalue weighted by Crippen LogP contribution is 2.55. The van der Waals surface area contributed by atoms with Gasteiger partial charge < -0.3 is 9.47 Å². The van der Waals surface area contributed by atoms with E-state index >= 15 is 0 Å². The second-order valence-corrected chi connectivity index (χ2v) is 23.5. The van der Waals surface area contributed by atoms with Crippen molar-refractivity contribution in [1.29, 1.82) is 0 Å². The zero-order valence-electron chi connectivity index (χ0n) is 37.7. The lowest BCUT2D eigenvalue weighted by Gasteiger charge is -2.47. The summed E-state index contributed by atoms with van der Waals surface area (Å²) >= 11 is 1.97. The average molecular weight is 791 g/mol. The number of rotatable bonds is 1. The van der Waals surface area contributed by atoms with Gasteiger partial charge in [-0.25, -0.2) is 0 Å². The molecule has 0 N–H and O–H groups in total. The molecule has 0 saturated carbocycles. The van der Waals surface area contributed by atoms with Crippen LogP contribution < -0.4 is 21.3 Å². The monoisotopic (exact) mass is 790 g/mol. The molecule has 0 saturated heterocycles. The molecule has 3 aliphatic rings. The molecule has 298 valence electrons. The maximum atomic E-state index is 2.63. The van der Waals surface area contributed by atoms with Crippen LogP contribution in [0.25, 0.3) is 27.5 Å². The van der Waals surface area contributed by atoms with E-state index in [9.17, 15) is 0 Å². The fraction of sp³-hybridized carbons (Fsp3) is 0.345. The number of nitrogens with zero attached hydrogens (tertiary/aromatic N) is 2. The van der Waals surface area contributed by atoms with Gasteiger partial charge in [0.1, 0.15) is 0 Å². The summed E-state index contributed by atoms with van der Waals surface area (Å²) in [7, 11) is 0. The highest BCUT2D eigenvalue weighted by Gasteiger charge is 2.48. The van der Waals surface area contributed by atoms with Crippen LogP contribution in [0.1, 0.15) is 130 Å². The molecule has 0 radical (unpaired) electrons. The summed E-state index contributed by atoms with van der Waals surface area (Å²) in [5.41, 5.74) is 20.3. The summed E-state index contributed by atoms with van der Waals surface area (Å²) in [5, 5.41) is 2.66. The van der Waals surface area contributed by atoms with E-state index in [1.54, 1.807) is 0 Å². The number of hydrogen-bond donors (Lipinski definition) is 0. The Morgan fingerprint density at radius 2 is 1.08 bits per heavy atom. The molecule has 4 heteroatoms. The third-order valence-electron chi connectivity index (χ3n) is 13.9. The minimum absolute atomic E-state index is 0.0125. The molecule has 6 aromatic carbocycles. The molecule has 0 bridgehead atoms. The van der Waals surface area contributed by atoms with Gasteiger partial charge in [-0.1, -0.05) is 157 Å². The molecule has 0 unspecified atom stereocenters. The quantitative estimate of drug-likeness (QED) is 0.153. The number of aromatic nitrogens is 1. The predicted octanol–water partition coefficient (Wildman–Crippen LogP) is 13.4. The second-order valence-electron chi connectivity index (χ2n) is 22.4. The molecule has 3 aliphatic heterocycles. The number of benzene rings is 6. The maximum Gasteiger partial charge on any atom is 0.247 e. The summed E-state index contributed by atoms with van der Waals surface area (Å²) in [6.45, 7) is 33.0. The SMILES string of the molecule is CC(C)(C)c1ccc(-n2c3ccc(C(C)(C)C)cc3c3cc4c(cc32)B2c3cc(C(C)(C)C)cc5c3N(c3ccc(C(C)(C)C)cc3S5)c3cccc(c32)C4(C)C)cc1. The fourth-order valence-electron chi connectivity index (χ4n) is 10.3. The lowest BCUT2D eigenvalue weighted by atomic mass is 9.30. The van der Waals surface area contributed by atoms with E-state index in [1.807, 2.05) is 11.8 Å². The van der Waals surface area contributed by atoms with Crippen molar-refractivity contribution in [3.8, 4) is 5.69 Å². The van der Waals surface area contributed by atoms with Gasteiger partial charge in [0.05, 0.1) is 22.4 Å². The third kappa shape index (κ3) is 5.68. The molecular weight excluding hydrogens is 731 g/mol. The lowest BCUT2D eigenvalue weighted by molar-refractivity contribution is 0.588. The van der Waals surface area contributed by atoms with Crippen LogP contribution in [0.15, 0.2) is 113 Å². The molecule has 10 rings (SSSR count). The topological polar surface area (TPSA) is 8.17 Å². The van der Waals surface area contributed by atoms with Gasteiger partial charge in [-0.15, -0.1) is 0 Å². The first-order chi connectivity index (χ1) is 27.5. The Labute approximate surface area is 357 Å². The second kappa shape index (κ2) is 12.2. The van der Waals surface area contributed by atoms with E-state index in [0.717, 1.165) is 0 Å². The van der Waals surface area contributed by atoms with Crippen molar-refractivity contribution in [2.75, 3.05) is 4.90 Å². The van der Waals surface area contributed by atoms with Crippen LogP contribution >= 0.6 is 11.8 Å². The normalized spacial score (nSPS) is 15.6. The zero-order chi connectivity index (χ0) is 41.9. The predicted molar refractivity (Wildman–Crippen MR) is 258 cm³/mol. The molecule has 59 heavy (non-hydrogen) atoms. The van der Waals surface area contributed by atoms with E-state index in [4.69, 9.17) is 0 Å². The molecule has 0 fully saturated rings. The number of hydrogen-bond acceptors (Lipinski definition) is 2. The van der Waals surface area contributed by atoms with E-state index in [0.29, 0.717) is 0 Å². The van der Waals surface area contributed by atoms with Crippen LogP contribution in [0.3, 0.4) is 0 Å². The van der Waals surface area contributed by atoms with Crippen LogP contribution in [0, 0.1) is 0 Å². The van der Waals surface area contributed by atoms with Gasteiger partial charge in [0.15, 0.2) is 0 Å². The van der Waals surface area contributed by atoms with Gasteiger partial charge in [0, 0.05) is 37.4 Å². The first-order valence-electron chi connectivity index (χ1n) is 21.7. The van der Waals surface area contributed by atoms with Gasteiger partial charge in [-0.05, 0) is 127 Å². The van der Waals surface area contributed by atoms with Crippen LogP contribution in [0.4, 0.5) is 17.1 Å². The highest BCUT2D eigenvalue weighted by molar-refractivity contribution is 7.99. The summed E-state index contributed by atoms with van der Waals surface area (Å²) < 4.78 is 2.55. The zero-order valence-corrected chi connectivity index (χ0v) is 38.5. The minimum atomic E-state index is -0.221. The number of anilines is 3. The van der Waals surface area contributed by atoms with E-state index in [-0.39, 0.29) is 33.8 Å². The van der Waals surface area contributed by atoms with Crippen LogP contribution in [-0.4, -0.2) is 11.3 Å².